The molecular weight excluding hydrogens is 460 g/mol. The Bertz CT molecular complexity index is 1430. The zero-order valence-corrected chi connectivity index (χ0v) is 19.8. The van der Waals surface area contributed by atoms with Gasteiger partial charge in [-0.1, -0.05) is 11.2 Å². The third-order valence-electron chi connectivity index (χ3n) is 4.91. The van der Waals surface area contributed by atoms with Crippen molar-refractivity contribution < 1.29 is 21.4 Å². The lowest BCUT2D eigenvalue weighted by atomic mass is 9.99. The second-order valence-corrected chi connectivity index (χ2v) is 11.4. The smallest absolute Gasteiger partial charge is 0.272 e. The third-order valence-corrected chi connectivity index (χ3v) is 9.37. The van der Waals surface area contributed by atoms with Crippen molar-refractivity contribution in [2.24, 2.45) is 0 Å². The Kier molecular flexibility index (Phi) is 5.88. The molecule has 2 N–H and O–H groups in total. The van der Waals surface area contributed by atoms with E-state index < -0.39 is 29.2 Å². The molecule has 31 heavy (non-hydrogen) atoms. The molecule has 164 valence electrons. The van der Waals surface area contributed by atoms with E-state index in [2.05, 4.69) is 14.6 Å². The Morgan fingerprint density at radius 1 is 1.00 bits per heavy atom. The number of hydrogen-bond donors (Lipinski definition) is 2. The molecule has 0 unspecified atom stereocenters. The molecule has 0 fully saturated rings. The molecule has 0 radical (unpaired) electrons. The molecule has 3 rings (SSSR count). The Labute approximate surface area is 184 Å². The lowest BCUT2D eigenvalue weighted by Crippen LogP contribution is -2.19. The van der Waals surface area contributed by atoms with Gasteiger partial charge in [0.15, 0.2) is 4.21 Å². The summed E-state index contributed by atoms with van der Waals surface area (Å²) < 4.78 is 61.3. The molecule has 0 aliphatic heterocycles. The molecule has 0 amide bonds. The van der Waals surface area contributed by atoms with E-state index in [1.807, 2.05) is 13.0 Å². The largest absolute Gasteiger partial charge is 0.337 e. The minimum absolute atomic E-state index is 0.0863. The van der Waals surface area contributed by atoms with E-state index in [0.29, 0.717) is 22.4 Å². The zero-order valence-electron chi connectivity index (χ0n) is 17.4. The van der Waals surface area contributed by atoms with Crippen molar-refractivity contribution in [1.29, 1.82) is 5.26 Å². The zero-order chi connectivity index (χ0) is 23.1. The summed E-state index contributed by atoms with van der Waals surface area (Å²) in [4.78, 5) is -0.432. The summed E-state index contributed by atoms with van der Waals surface area (Å²) in [6.45, 7) is 8.50. The van der Waals surface area contributed by atoms with E-state index >= 15 is 0 Å². The van der Waals surface area contributed by atoms with Gasteiger partial charge < -0.3 is 4.52 Å². The maximum atomic E-state index is 13.1. The fourth-order valence-corrected chi connectivity index (χ4v) is 7.40. The SMILES string of the molecule is Cc1cc(C)c(NS(=O)(=O)c2sccc2S(=O)(=O)Nc2onc(C)c2C)c(C#N)c1C. The first kappa shape index (κ1) is 22.8. The van der Waals surface area contributed by atoms with E-state index in [0.717, 1.165) is 16.9 Å². The number of aromatic nitrogens is 1. The molecule has 0 bridgehead atoms. The number of nitrogens with zero attached hydrogens (tertiary/aromatic N) is 2. The second kappa shape index (κ2) is 7.99. The van der Waals surface area contributed by atoms with E-state index in [4.69, 9.17) is 4.52 Å². The van der Waals surface area contributed by atoms with Gasteiger partial charge in [-0.3, -0.25) is 4.72 Å². The molecule has 3 aromatic rings. The van der Waals surface area contributed by atoms with E-state index in [9.17, 15) is 22.1 Å². The van der Waals surface area contributed by atoms with E-state index in [-0.39, 0.29) is 17.1 Å². The van der Waals surface area contributed by atoms with Crippen LogP contribution >= 0.6 is 11.3 Å². The van der Waals surface area contributed by atoms with Gasteiger partial charge in [0.05, 0.1) is 16.9 Å². The van der Waals surface area contributed by atoms with Gasteiger partial charge in [-0.15, -0.1) is 11.3 Å². The quantitative estimate of drug-likeness (QED) is 0.547. The molecule has 0 saturated heterocycles. The monoisotopic (exact) mass is 480 g/mol. The van der Waals surface area contributed by atoms with Crippen LogP contribution in [0.3, 0.4) is 0 Å². The van der Waals surface area contributed by atoms with Crippen LogP contribution in [0.5, 0.6) is 0 Å². The molecule has 0 aliphatic rings. The van der Waals surface area contributed by atoms with Crippen LogP contribution in [0, 0.1) is 45.9 Å². The third kappa shape index (κ3) is 4.16. The summed E-state index contributed by atoms with van der Waals surface area (Å²) in [6, 6.07) is 4.98. The maximum absolute atomic E-state index is 13.1. The van der Waals surface area contributed by atoms with Crippen LogP contribution in [0.25, 0.3) is 0 Å². The van der Waals surface area contributed by atoms with Gasteiger partial charge in [-0.25, -0.2) is 21.6 Å². The van der Waals surface area contributed by atoms with Crippen molar-refractivity contribution >= 4 is 43.0 Å². The Hall–Kier alpha value is -2.88. The highest BCUT2D eigenvalue weighted by Gasteiger charge is 2.31. The van der Waals surface area contributed by atoms with E-state index in [1.165, 1.54) is 11.4 Å². The van der Waals surface area contributed by atoms with Crippen LogP contribution in [-0.2, 0) is 20.0 Å². The van der Waals surface area contributed by atoms with Gasteiger partial charge in [0.1, 0.15) is 11.0 Å². The molecule has 0 atom stereocenters. The molecule has 12 heteroatoms. The summed E-state index contributed by atoms with van der Waals surface area (Å²) in [6.07, 6.45) is 0. The number of sulfonamides is 2. The maximum Gasteiger partial charge on any atom is 0.272 e. The molecular formula is C19H20N4O5S3. The van der Waals surface area contributed by atoms with Crippen molar-refractivity contribution in [3.8, 4) is 6.07 Å². The number of aryl methyl sites for hydroxylation is 3. The van der Waals surface area contributed by atoms with Crippen molar-refractivity contribution in [2.45, 2.75) is 43.7 Å². The Morgan fingerprint density at radius 3 is 2.26 bits per heavy atom. The number of nitriles is 1. The molecule has 1 aromatic carbocycles. The molecule has 2 heterocycles. The predicted molar refractivity (Wildman–Crippen MR) is 117 cm³/mol. The summed E-state index contributed by atoms with van der Waals surface area (Å²) in [5.41, 5.74) is 3.35. The average molecular weight is 481 g/mol. The number of thiophene rings is 1. The molecule has 9 nitrogen and oxygen atoms in total. The van der Waals surface area contributed by atoms with Crippen molar-refractivity contribution in [3.63, 3.8) is 0 Å². The number of hydrogen-bond acceptors (Lipinski definition) is 8. The van der Waals surface area contributed by atoms with Crippen molar-refractivity contribution in [3.05, 3.63) is 51.0 Å². The first-order valence-electron chi connectivity index (χ1n) is 8.96. The molecule has 0 saturated carbocycles. The van der Waals surface area contributed by atoms with Crippen LogP contribution in [-0.4, -0.2) is 22.0 Å². The number of nitrogens with one attached hydrogen (secondary N) is 2. The highest BCUT2D eigenvalue weighted by molar-refractivity contribution is 7.97. The number of rotatable bonds is 6. The summed E-state index contributed by atoms with van der Waals surface area (Å²) in [5.74, 6) is -0.0863. The van der Waals surface area contributed by atoms with Crippen LogP contribution in [0.2, 0.25) is 0 Å². The lowest BCUT2D eigenvalue weighted by Gasteiger charge is -2.15. The predicted octanol–water partition coefficient (Wildman–Crippen LogP) is 3.75. The summed E-state index contributed by atoms with van der Waals surface area (Å²) in [7, 11) is -8.60. The van der Waals surface area contributed by atoms with Crippen LogP contribution in [0.4, 0.5) is 11.6 Å². The molecule has 0 spiro atoms. The first-order valence-corrected chi connectivity index (χ1v) is 12.8. The standard InChI is InChI=1S/C19H20N4O5S3/c1-10-8-11(2)17(15(9-20)12(10)3)22-31(26,27)19-16(6-7-29-19)30(24,25)23-18-13(4)14(5)21-28-18/h6-8,22-23H,1-5H3. The Morgan fingerprint density at radius 2 is 1.68 bits per heavy atom. The molecule has 0 aliphatic carbocycles. The van der Waals surface area contributed by atoms with Crippen LogP contribution in [0.15, 0.2) is 31.1 Å². The topological polar surface area (TPSA) is 142 Å². The first-order chi connectivity index (χ1) is 14.4. The summed E-state index contributed by atoms with van der Waals surface area (Å²) in [5, 5.41) is 14.6. The number of anilines is 2. The highest BCUT2D eigenvalue weighted by Crippen LogP contribution is 2.33. The lowest BCUT2D eigenvalue weighted by molar-refractivity contribution is 0.430. The van der Waals surface area contributed by atoms with Gasteiger partial charge in [0, 0.05) is 5.56 Å². The van der Waals surface area contributed by atoms with Crippen molar-refractivity contribution in [2.75, 3.05) is 9.44 Å². The average Bonchev–Trinajstić information content (AvgIpc) is 3.30. The van der Waals surface area contributed by atoms with E-state index in [1.54, 1.807) is 33.8 Å². The fraction of sp³-hybridized carbons (Fsp3) is 0.263. The van der Waals surface area contributed by atoms with Gasteiger partial charge in [-0.2, -0.15) is 5.26 Å². The normalized spacial score (nSPS) is 11.9. The second-order valence-electron chi connectivity index (χ2n) is 7.00. The fourth-order valence-electron chi connectivity index (χ4n) is 2.91. The summed E-state index contributed by atoms with van der Waals surface area (Å²) >= 11 is 0.750. The molecule has 2 aromatic heterocycles. The number of benzene rings is 1. The van der Waals surface area contributed by atoms with Crippen molar-refractivity contribution in [1.82, 2.24) is 5.16 Å². The van der Waals surface area contributed by atoms with Gasteiger partial charge in [0.25, 0.3) is 20.0 Å². The highest BCUT2D eigenvalue weighted by atomic mass is 32.2. The van der Waals surface area contributed by atoms with Gasteiger partial charge in [-0.05, 0) is 62.8 Å². The van der Waals surface area contributed by atoms with Gasteiger partial charge >= 0.3 is 0 Å². The van der Waals surface area contributed by atoms with Crippen LogP contribution in [0.1, 0.15) is 33.5 Å². The van der Waals surface area contributed by atoms with Gasteiger partial charge in [0.2, 0.25) is 5.88 Å². The minimum Gasteiger partial charge on any atom is -0.337 e. The van der Waals surface area contributed by atoms with Crippen LogP contribution < -0.4 is 9.44 Å². The Balaban J connectivity index is 2.05. The minimum atomic E-state index is -4.31.